The molecule has 1 saturated heterocycles. The minimum atomic E-state index is -0.662. The first-order chi connectivity index (χ1) is 8.47. The number of halogens is 3. The molecule has 1 unspecified atom stereocenters. The molecular formula is C13H16BrF2NO. The van der Waals surface area contributed by atoms with Gasteiger partial charge in [-0.05, 0) is 42.3 Å². The Morgan fingerprint density at radius 3 is 2.67 bits per heavy atom. The summed E-state index contributed by atoms with van der Waals surface area (Å²) in [6.07, 6.45) is 0.824. The molecule has 2 nitrogen and oxygen atoms in total. The van der Waals surface area contributed by atoms with Gasteiger partial charge in [-0.15, -0.1) is 0 Å². The monoisotopic (exact) mass is 319 g/mol. The van der Waals surface area contributed by atoms with E-state index in [0.29, 0.717) is 10.5 Å². The lowest BCUT2D eigenvalue weighted by molar-refractivity contribution is 0.179. The van der Waals surface area contributed by atoms with E-state index >= 15 is 0 Å². The van der Waals surface area contributed by atoms with Crippen LogP contribution < -0.4 is 4.74 Å². The summed E-state index contributed by atoms with van der Waals surface area (Å²) in [5.74, 6) is -1.17. The number of benzene rings is 1. The largest absolute Gasteiger partial charge is 0.485 e. The van der Waals surface area contributed by atoms with Crippen LogP contribution in [0.1, 0.15) is 20.3 Å². The van der Waals surface area contributed by atoms with Crippen molar-refractivity contribution in [3.8, 4) is 5.75 Å². The van der Waals surface area contributed by atoms with E-state index in [9.17, 15) is 8.78 Å². The molecule has 0 aromatic heterocycles. The fourth-order valence-corrected chi connectivity index (χ4v) is 2.63. The molecular weight excluding hydrogens is 304 g/mol. The van der Waals surface area contributed by atoms with E-state index in [0.717, 1.165) is 25.6 Å². The molecule has 1 heterocycles. The van der Waals surface area contributed by atoms with Crippen LogP contribution in [0.3, 0.4) is 0 Å². The number of likely N-dealkylation sites (tertiary alicyclic amines) is 1. The van der Waals surface area contributed by atoms with Crippen molar-refractivity contribution in [3.63, 3.8) is 0 Å². The highest BCUT2D eigenvalue weighted by Crippen LogP contribution is 2.31. The van der Waals surface area contributed by atoms with E-state index in [1.165, 1.54) is 6.07 Å². The zero-order valence-electron chi connectivity index (χ0n) is 10.4. The van der Waals surface area contributed by atoms with Gasteiger partial charge in [-0.25, -0.2) is 8.78 Å². The Morgan fingerprint density at radius 1 is 1.39 bits per heavy atom. The highest BCUT2D eigenvalue weighted by atomic mass is 79.9. The molecule has 0 aliphatic carbocycles. The maximum atomic E-state index is 13.6. The molecule has 2 rings (SSSR count). The first kappa shape index (κ1) is 13.7. The van der Waals surface area contributed by atoms with Gasteiger partial charge in [0.2, 0.25) is 0 Å². The summed E-state index contributed by atoms with van der Waals surface area (Å²) in [7, 11) is 0. The van der Waals surface area contributed by atoms with Gasteiger partial charge < -0.3 is 4.74 Å². The van der Waals surface area contributed by atoms with Crippen molar-refractivity contribution in [1.29, 1.82) is 0 Å². The van der Waals surface area contributed by atoms with Gasteiger partial charge in [0.25, 0.3) is 0 Å². The Labute approximate surface area is 114 Å². The van der Waals surface area contributed by atoms with Crippen molar-refractivity contribution < 1.29 is 13.5 Å². The number of rotatable bonds is 3. The van der Waals surface area contributed by atoms with Gasteiger partial charge in [0.15, 0.2) is 11.6 Å². The van der Waals surface area contributed by atoms with Gasteiger partial charge in [-0.3, -0.25) is 4.90 Å². The predicted molar refractivity (Wildman–Crippen MR) is 69.8 cm³/mol. The van der Waals surface area contributed by atoms with Crippen LogP contribution in [-0.2, 0) is 0 Å². The molecule has 1 atom stereocenters. The van der Waals surface area contributed by atoms with E-state index in [-0.39, 0.29) is 11.9 Å². The SMILES string of the molecule is CC(C)N1CCC(Oc2c(F)cc(F)cc2Br)C1. The second-order valence-electron chi connectivity index (χ2n) is 4.82. The van der Waals surface area contributed by atoms with Crippen LogP contribution in [0.25, 0.3) is 0 Å². The van der Waals surface area contributed by atoms with E-state index in [2.05, 4.69) is 34.7 Å². The van der Waals surface area contributed by atoms with Crippen LogP contribution in [0, 0.1) is 11.6 Å². The minimum Gasteiger partial charge on any atom is -0.485 e. The van der Waals surface area contributed by atoms with Gasteiger partial charge in [0.05, 0.1) is 4.47 Å². The molecule has 1 fully saturated rings. The summed E-state index contributed by atoms with van der Waals surface area (Å²) >= 11 is 3.13. The highest BCUT2D eigenvalue weighted by Gasteiger charge is 2.27. The van der Waals surface area contributed by atoms with Gasteiger partial charge in [-0.1, -0.05) is 0 Å². The molecule has 1 aliphatic heterocycles. The van der Waals surface area contributed by atoms with Crippen LogP contribution in [-0.4, -0.2) is 30.1 Å². The van der Waals surface area contributed by atoms with E-state index in [1.807, 2.05) is 0 Å². The first-order valence-corrected chi connectivity index (χ1v) is 6.82. The molecule has 0 radical (unpaired) electrons. The van der Waals surface area contributed by atoms with Crippen molar-refractivity contribution >= 4 is 15.9 Å². The summed E-state index contributed by atoms with van der Waals surface area (Å²) < 4.78 is 32.5. The van der Waals surface area contributed by atoms with Crippen LogP contribution in [0.4, 0.5) is 8.78 Å². The molecule has 1 aliphatic rings. The molecule has 100 valence electrons. The topological polar surface area (TPSA) is 12.5 Å². The summed E-state index contributed by atoms with van der Waals surface area (Å²) in [5.41, 5.74) is 0. The summed E-state index contributed by atoms with van der Waals surface area (Å²) in [6.45, 7) is 5.97. The van der Waals surface area contributed by atoms with E-state index in [1.54, 1.807) is 0 Å². The molecule has 1 aromatic carbocycles. The Balaban J connectivity index is 2.07. The average molecular weight is 320 g/mol. The van der Waals surface area contributed by atoms with Crippen LogP contribution in [0.2, 0.25) is 0 Å². The van der Waals surface area contributed by atoms with Crippen molar-refractivity contribution in [3.05, 3.63) is 28.2 Å². The molecule has 5 heteroatoms. The summed E-state index contributed by atoms with van der Waals surface area (Å²) in [5, 5.41) is 0. The number of hydrogen-bond acceptors (Lipinski definition) is 2. The third kappa shape index (κ3) is 3.01. The van der Waals surface area contributed by atoms with E-state index < -0.39 is 11.6 Å². The summed E-state index contributed by atoms with van der Waals surface area (Å²) in [4.78, 5) is 2.28. The zero-order chi connectivity index (χ0) is 13.3. The molecule has 1 aromatic rings. The fraction of sp³-hybridized carbons (Fsp3) is 0.538. The second-order valence-corrected chi connectivity index (χ2v) is 5.67. The second kappa shape index (κ2) is 5.53. The number of nitrogens with zero attached hydrogens (tertiary/aromatic N) is 1. The van der Waals surface area contributed by atoms with Crippen LogP contribution >= 0.6 is 15.9 Å². The predicted octanol–water partition coefficient (Wildman–Crippen LogP) is 3.59. The molecule has 0 N–H and O–H groups in total. The number of ether oxygens (including phenoxy) is 1. The van der Waals surface area contributed by atoms with Gasteiger partial charge in [0, 0.05) is 25.2 Å². The molecule has 0 amide bonds. The molecule has 0 bridgehead atoms. The molecule has 18 heavy (non-hydrogen) atoms. The van der Waals surface area contributed by atoms with Crippen molar-refractivity contribution in [1.82, 2.24) is 4.90 Å². The highest BCUT2D eigenvalue weighted by molar-refractivity contribution is 9.10. The molecule has 0 spiro atoms. The number of hydrogen-bond donors (Lipinski definition) is 0. The Hall–Kier alpha value is -0.680. The Bertz CT molecular complexity index is 416. The smallest absolute Gasteiger partial charge is 0.169 e. The third-order valence-electron chi connectivity index (χ3n) is 3.15. The van der Waals surface area contributed by atoms with E-state index in [4.69, 9.17) is 4.74 Å². The lowest BCUT2D eigenvalue weighted by atomic mass is 10.3. The minimum absolute atomic E-state index is 0.0383. The quantitative estimate of drug-likeness (QED) is 0.844. The third-order valence-corrected chi connectivity index (χ3v) is 3.74. The zero-order valence-corrected chi connectivity index (χ0v) is 12.0. The van der Waals surface area contributed by atoms with Crippen molar-refractivity contribution in [2.24, 2.45) is 0 Å². The van der Waals surface area contributed by atoms with Gasteiger partial charge in [-0.2, -0.15) is 0 Å². The standard InChI is InChI=1S/C13H16BrF2NO/c1-8(2)17-4-3-10(7-17)18-13-11(14)5-9(15)6-12(13)16/h5-6,8,10H,3-4,7H2,1-2H3. The Morgan fingerprint density at radius 2 is 2.11 bits per heavy atom. The normalized spacial score (nSPS) is 20.7. The maximum Gasteiger partial charge on any atom is 0.169 e. The fourth-order valence-electron chi connectivity index (χ4n) is 2.13. The van der Waals surface area contributed by atoms with Gasteiger partial charge >= 0.3 is 0 Å². The Kier molecular flexibility index (Phi) is 4.22. The van der Waals surface area contributed by atoms with Crippen LogP contribution in [0.5, 0.6) is 5.75 Å². The molecule has 0 saturated carbocycles. The van der Waals surface area contributed by atoms with Gasteiger partial charge in [0.1, 0.15) is 11.9 Å². The first-order valence-electron chi connectivity index (χ1n) is 6.02. The van der Waals surface area contributed by atoms with Crippen molar-refractivity contribution in [2.75, 3.05) is 13.1 Å². The summed E-state index contributed by atoms with van der Waals surface area (Å²) in [6, 6.07) is 2.52. The maximum absolute atomic E-state index is 13.6. The van der Waals surface area contributed by atoms with Crippen LogP contribution in [0.15, 0.2) is 16.6 Å². The lowest BCUT2D eigenvalue weighted by Gasteiger charge is -2.20. The average Bonchev–Trinajstić information content (AvgIpc) is 2.71. The lowest BCUT2D eigenvalue weighted by Crippen LogP contribution is -2.30. The van der Waals surface area contributed by atoms with Crippen molar-refractivity contribution in [2.45, 2.75) is 32.4 Å².